The minimum atomic E-state index is 0. The van der Waals surface area contributed by atoms with Crippen molar-refractivity contribution in [3.05, 3.63) is 50.3 Å². The summed E-state index contributed by atoms with van der Waals surface area (Å²) in [5, 5.41) is 18.0. The molecule has 0 radical (unpaired) electrons. The van der Waals surface area contributed by atoms with Gasteiger partial charge in [-0.15, -0.1) is 10.7 Å². The van der Waals surface area contributed by atoms with E-state index in [1.165, 1.54) is 0 Å². The zero-order valence-electron chi connectivity index (χ0n) is 7.81. The Bertz CT molecular complexity index is 218. The average molecular weight is 397 g/mol. The monoisotopic (exact) mass is 397 g/mol. The summed E-state index contributed by atoms with van der Waals surface area (Å²) in [6.07, 6.45) is 1.79. The van der Waals surface area contributed by atoms with E-state index in [4.69, 9.17) is 20.2 Å². The van der Waals surface area contributed by atoms with Gasteiger partial charge in [0, 0.05) is 33.0 Å². The van der Waals surface area contributed by atoms with Crippen molar-refractivity contribution < 1.29 is 21.1 Å². The van der Waals surface area contributed by atoms with Crippen molar-refractivity contribution in [2.24, 2.45) is 10.7 Å². The maximum atomic E-state index is 8.00. The molecular weight excluding hydrogens is 387 g/mol. The summed E-state index contributed by atoms with van der Waals surface area (Å²) >= 11 is 0. The van der Waals surface area contributed by atoms with E-state index < -0.39 is 0 Å². The van der Waals surface area contributed by atoms with Crippen molar-refractivity contribution in [1.82, 2.24) is 11.1 Å². The van der Waals surface area contributed by atoms with Crippen molar-refractivity contribution in [1.29, 1.82) is 0 Å². The molecule has 1 aromatic rings. The van der Waals surface area contributed by atoms with Gasteiger partial charge in [-0.2, -0.15) is 0 Å². The summed E-state index contributed by atoms with van der Waals surface area (Å²) < 4.78 is 0. The van der Waals surface area contributed by atoms with E-state index in [-0.39, 0.29) is 27.2 Å². The van der Waals surface area contributed by atoms with Crippen LogP contribution in [0.25, 0.3) is 0 Å². The largest absolute Gasteiger partial charge is 0.444 e. The van der Waals surface area contributed by atoms with Crippen LogP contribution in [0, 0.1) is 27.2 Å². The molecule has 15 heavy (non-hydrogen) atoms. The maximum absolute atomic E-state index is 8.00. The van der Waals surface area contributed by atoms with Crippen LogP contribution in [0.4, 0.5) is 0 Å². The molecule has 0 aliphatic rings. The van der Waals surface area contributed by atoms with Crippen LogP contribution in [0.5, 0.6) is 0 Å². The number of aromatic nitrogens is 1. The summed E-state index contributed by atoms with van der Waals surface area (Å²) in [4.78, 5) is 20.0. The summed E-state index contributed by atoms with van der Waals surface area (Å²) in [5.41, 5.74) is 1.07. The smallest absolute Gasteiger partial charge is 0.0372 e. The third-order valence-corrected chi connectivity index (χ3v) is 0.813. The Kier molecular flexibility index (Phi) is 35.8. The second kappa shape index (κ2) is 22.9. The second-order valence-electron chi connectivity index (χ2n) is 1.62. The first-order valence-electron chi connectivity index (χ1n) is 3.00. The summed E-state index contributed by atoms with van der Waals surface area (Å²) in [6, 6.07) is 5.86. The topological polar surface area (TPSA) is 153 Å². The Hall–Kier alpha value is -1.40. The summed E-state index contributed by atoms with van der Waals surface area (Å²) in [7, 11) is 0. The minimum Gasteiger partial charge on any atom is -0.444 e. The number of nitrogens with zero attached hydrogens (tertiary/aromatic N) is 3. The molecule has 0 amide bonds. The van der Waals surface area contributed by atoms with Gasteiger partial charge in [0.25, 0.3) is 0 Å². The zero-order valence-corrected chi connectivity index (χ0v) is 10.1. The predicted octanol–water partition coefficient (Wildman–Crippen LogP) is 2.05. The van der Waals surface area contributed by atoms with Crippen LogP contribution < -0.4 is 6.15 Å². The maximum Gasteiger partial charge on any atom is 0.0372 e. The van der Waals surface area contributed by atoms with E-state index in [0.29, 0.717) is 0 Å². The molecule has 0 unspecified atom stereocenters. The summed E-state index contributed by atoms with van der Waals surface area (Å²) in [5.74, 6) is 0. The van der Waals surface area contributed by atoms with Crippen molar-refractivity contribution in [3.63, 3.8) is 0 Å². The molecule has 0 atom stereocenters. The van der Waals surface area contributed by atoms with E-state index in [9.17, 15) is 0 Å². The van der Waals surface area contributed by atoms with Gasteiger partial charge >= 0.3 is 0 Å². The van der Waals surface area contributed by atoms with E-state index in [1.54, 1.807) is 6.20 Å². The fourth-order valence-electron chi connectivity index (χ4n) is 0.448. The van der Waals surface area contributed by atoms with Crippen molar-refractivity contribution in [2.75, 3.05) is 0 Å². The number of hydrogen-bond acceptors (Lipinski definition) is 8. The normalized spacial score (nSPS) is 5.67. The Morgan fingerprint density at radius 3 is 1.73 bits per heavy atom. The molecule has 1 heterocycles. The Morgan fingerprint density at radius 2 is 1.60 bits per heavy atom. The Labute approximate surface area is 100 Å². The third-order valence-electron chi connectivity index (χ3n) is 0.813. The molecule has 3 N–H and O–H groups in total. The van der Waals surface area contributed by atoms with E-state index in [1.807, 2.05) is 25.1 Å². The molecule has 0 aliphatic heterocycles. The van der Waals surface area contributed by atoms with Crippen LogP contribution in [0.2, 0.25) is 0 Å². The van der Waals surface area contributed by atoms with Crippen molar-refractivity contribution in [2.45, 2.75) is 6.92 Å². The minimum absolute atomic E-state index is 0. The third kappa shape index (κ3) is 32.5. The van der Waals surface area contributed by atoms with Gasteiger partial charge in [-0.25, -0.2) is 0 Å². The van der Waals surface area contributed by atoms with Crippen LogP contribution >= 0.6 is 0 Å². The van der Waals surface area contributed by atoms with Gasteiger partial charge in [-0.3, -0.25) is 4.98 Å². The first-order valence-corrected chi connectivity index (χ1v) is 3.00. The van der Waals surface area contributed by atoms with Gasteiger partial charge < -0.3 is 26.4 Å². The second-order valence-corrected chi connectivity index (χ2v) is 1.62. The van der Waals surface area contributed by atoms with Crippen LogP contribution in [-0.2, 0) is 21.1 Å². The molecule has 0 aromatic carbocycles. The first kappa shape index (κ1) is 23.4. The van der Waals surface area contributed by atoms with E-state index in [2.05, 4.69) is 4.98 Å². The molecule has 90 valence electrons. The SMILES string of the molecule is Cc1ccccn1.N.O=N[O-].O=N[O-].[Pt]. The number of aryl methyl sites for hydroxylation is 1. The number of rotatable bonds is 0. The molecular formula is C6H10N4O4Pt-2. The molecule has 1 rings (SSSR count). The molecule has 1 aromatic heterocycles. The fourth-order valence-corrected chi connectivity index (χ4v) is 0.448. The molecule has 0 spiro atoms. The van der Waals surface area contributed by atoms with E-state index >= 15 is 0 Å². The van der Waals surface area contributed by atoms with Gasteiger partial charge in [0.1, 0.15) is 0 Å². The van der Waals surface area contributed by atoms with E-state index in [0.717, 1.165) is 16.4 Å². The van der Waals surface area contributed by atoms with Crippen LogP contribution in [-0.4, -0.2) is 4.98 Å². The van der Waals surface area contributed by atoms with Crippen LogP contribution in [0.15, 0.2) is 35.1 Å². The molecule has 0 saturated heterocycles. The van der Waals surface area contributed by atoms with Crippen LogP contribution in [0.1, 0.15) is 5.69 Å². The predicted molar refractivity (Wildman–Crippen MR) is 52.3 cm³/mol. The molecule has 0 bridgehead atoms. The van der Waals surface area contributed by atoms with Gasteiger partial charge in [0.2, 0.25) is 0 Å². The molecule has 8 nitrogen and oxygen atoms in total. The molecule has 0 aliphatic carbocycles. The van der Waals surface area contributed by atoms with Crippen molar-refractivity contribution in [3.8, 4) is 0 Å². The van der Waals surface area contributed by atoms with Gasteiger partial charge in [0.15, 0.2) is 0 Å². The number of pyridine rings is 1. The van der Waals surface area contributed by atoms with Crippen molar-refractivity contribution >= 4 is 0 Å². The molecule has 9 heteroatoms. The summed E-state index contributed by atoms with van der Waals surface area (Å²) in [6.45, 7) is 1.97. The Balaban J connectivity index is -0.0000000665. The molecule has 0 fully saturated rings. The average Bonchev–Trinajstić information content (AvgIpc) is 2.08. The van der Waals surface area contributed by atoms with Gasteiger partial charge in [0.05, 0.1) is 0 Å². The quantitative estimate of drug-likeness (QED) is 0.522. The Morgan fingerprint density at radius 1 is 1.20 bits per heavy atom. The number of hydrogen-bond donors (Lipinski definition) is 1. The van der Waals surface area contributed by atoms with Crippen LogP contribution in [0.3, 0.4) is 0 Å². The fraction of sp³-hybridized carbons (Fsp3) is 0.167. The molecule has 0 saturated carbocycles. The van der Waals surface area contributed by atoms with Gasteiger partial charge in [-0.05, 0) is 19.1 Å². The first-order chi connectivity index (χ1) is 6.22. The standard InChI is InChI=1S/C6H7N.2HNO2.H3N.Pt/c1-6-4-2-3-5-7-6;2*2-1-3;;/h2-5H,1H3;2*(H,2,3);1H3;/p-2. The van der Waals surface area contributed by atoms with Gasteiger partial charge in [-0.1, -0.05) is 6.07 Å². The zero-order chi connectivity index (χ0) is 10.5.